The van der Waals surface area contributed by atoms with Gasteiger partial charge in [-0.05, 0) is 48.9 Å². The molecule has 4 rings (SSSR count). The van der Waals surface area contributed by atoms with Crippen molar-refractivity contribution >= 4 is 18.0 Å². The molecule has 0 aromatic heterocycles. The Kier molecular flexibility index (Phi) is 7.01. The number of allylic oxidation sites excluding steroid dienone is 1. The lowest BCUT2D eigenvalue weighted by molar-refractivity contribution is -0.141. The van der Waals surface area contributed by atoms with Crippen molar-refractivity contribution in [1.82, 2.24) is 10.2 Å². The normalized spacial score (nSPS) is 17.5. The Morgan fingerprint density at radius 2 is 1.71 bits per heavy atom. The SMILES string of the molecule is CC(C)=CCC(NC(=O)OCC1c2ccccc2-c2ccccc21)C(=O)N1CCC(C(=O)O)C1. The minimum Gasteiger partial charge on any atom is -0.481 e. The number of carbonyl (C=O) groups is 3. The van der Waals surface area contributed by atoms with Crippen LogP contribution in [0.1, 0.15) is 43.7 Å². The summed E-state index contributed by atoms with van der Waals surface area (Å²) in [6, 6.07) is 15.4. The number of carboxylic acids is 1. The number of carbonyl (C=O) groups excluding carboxylic acids is 2. The molecule has 2 atom stereocenters. The van der Waals surface area contributed by atoms with Crippen molar-refractivity contribution in [2.45, 2.75) is 38.6 Å². The van der Waals surface area contributed by atoms with E-state index in [4.69, 9.17) is 4.74 Å². The van der Waals surface area contributed by atoms with Crippen molar-refractivity contribution in [3.05, 3.63) is 71.3 Å². The molecule has 7 heteroatoms. The van der Waals surface area contributed by atoms with Crippen LogP contribution in [0.5, 0.6) is 0 Å². The van der Waals surface area contributed by atoms with Crippen LogP contribution in [0, 0.1) is 5.92 Å². The van der Waals surface area contributed by atoms with Gasteiger partial charge in [0, 0.05) is 19.0 Å². The highest BCUT2D eigenvalue weighted by molar-refractivity contribution is 5.87. The number of likely N-dealkylation sites (tertiary alicyclic amines) is 1. The molecule has 1 aliphatic carbocycles. The Bertz CT molecular complexity index is 1080. The molecule has 1 saturated heterocycles. The zero-order chi connectivity index (χ0) is 24.2. The predicted molar refractivity (Wildman–Crippen MR) is 128 cm³/mol. The van der Waals surface area contributed by atoms with Crippen molar-refractivity contribution < 1.29 is 24.2 Å². The van der Waals surface area contributed by atoms with E-state index in [1.807, 2.05) is 44.2 Å². The van der Waals surface area contributed by atoms with E-state index in [0.29, 0.717) is 19.4 Å². The number of carboxylic acid groups (broad SMARTS) is 1. The topological polar surface area (TPSA) is 95.9 Å². The molecule has 0 saturated carbocycles. The summed E-state index contributed by atoms with van der Waals surface area (Å²) in [4.78, 5) is 38.6. The van der Waals surface area contributed by atoms with Gasteiger partial charge in [-0.25, -0.2) is 4.79 Å². The maximum Gasteiger partial charge on any atom is 0.407 e. The average Bonchev–Trinajstić information content (AvgIpc) is 3.44. The van der Waals surface area contributed by atoms with Crippen molar-refractivity contribution in [1.29, 1.82) is 0 Å². The fraction of sp³-hybridized carbons (Fsp3) is 0.370. The molecule has 2 N–H and O–H groups in total. The smallest absolute Gasteiger partial charge is 0.407 e. The average molecular weight is 463 g/mol. The molecule has 1 aliphatic heterocycles. The van der Waals surface area contributed by atoms with Gasteiger partial charge in [0.25, 0.3) is 0 Å². The first kappa shape index (κ1) is 23.5. The lowest BCUT2D eigenvalue weighted by Crippen LogP contribution is -2.48. The third-order valence-corrected chi connectivity index (χ3v) is 6.54. The fourth-order valence-corrected chi connectivity index (χ4v) is 4.74. The van der Waals surface area contributed by atoms with Crippen LogP contribution in [0.2, 0.25) is 0 Å². The van der Waals surface area contributed by atoms with Gasteiger partial charge in [-0.15, -0.1) is 0 Å². The molecule has 0 spiro atoms. The minimum absolute atomic E-state index is 0.0695. The molecule has 2 amide bonds. The molecule has 34 heavy (non-hydrogen) atoms. The number of fused-ring (bicyclic) bond motifs is 3. The van der Waals surface area contributed by atoms with Gasteiger partial charge >= 0.3 is 12.1 Å². The van der Waals surface area contributed by atoms with Crippen LogP contribution < -0.4 is 5.32 Å². The number of benzene rings is 2. The molecule has 2 aliphatic rings. The van der Waals surface area contributed by atoms with Crippen LogP contribution in [0.4, 0.5) is 4.79 Å². The van der Waals surface area contributed by atoms with Crippen molar-refractivity contribution in [2.75, 3.05) is 19.7 Å². The molecular formula is C27H30N2O5. The predicted octanol–water partition coefficient (Wildman–Crippen LogP) is 4.18. The van der Waals surface area contributed by atoms with E-state index >= 15 is 0 Å². The van der Waals surface area contributed by atoms with E-state index in [9.17, 15) is 19.5 Å². The minimum atomic E-state index is -0.902. The maximum absolute atomic E-state index is 13.1. The van der Waals surface area contributed by atoms with Crippen LogP contribution in [0.25, 0.3) is 11.1 Å². The molecular weight excluding hydrogens is 432 g/mol. The number of alkyl carbamates (subject to hydrolysis) is 1. The molecule has 2 unspecified atom stereocenters. The Morgan fingerprint density at radius 1 is 1.09 bits per heavy atom. The summed E-state index contributed by atoms with van der Waals surface area (Å²) in [5, 5.41) is 12.0. The molecule has 0 radical (unpaired) electrons. The Hall–Kier alpha value is -3.61. The van der Waals surface area contributed by atoms with Gasteiger partial charge in [-0.3, -0.25) is 9.59 Å². The van der Waals surface area contributed by atoms with Crippen LogP contribution in [0.15, 0.2) is 60.2 Å². The highest BCUT2D eigenvalue weighted by Gasteiger charge is 2.35. The quantitative estimate of drug-likeness (QED) is 0.602. The van der Waals surface area contributed by atoms with E-state index < -0.39 is 24.0 Å². The largest absolute Gasteiger partial charge is 0.481 e. The number of rotatable bonds is 7. The number of amides is 2. The first-order chi connectivity index (χ1) is 16.3. The van der Waals surface area contributed by atoms with Gasteiger partial charge in [0.05, 0.1) is 5.92 Å². The molecule has 1 fully saturated rings. The van der Waals surface area contributed by atoms with Crippen LogP contribution in [0.3, 0.4) is 0 Å². The summed E-state index contributed by atoms with van der Waals surface area (Å²) in [5.41, 5.74) is 5.55. The monoisotopic (exact) mass is 462 g/mol. The molecule has 0 bridgehead atoms. The Labute approximate surface area is 199 Å². The van der Waals surface area contributed by atoms with E-state index in [1.54, 1.807) is 0 Å². The van der Waals surface area contributed by atoms with E-state index in [0.717, 1.165) is 27.8 Å². The summed E-state index contributed by atoms with van der Waals surface area (Å²) in [7, 11) is 0. The number of hydrogen-bond acceptors (Lipinski definition) is 4. The van der Waals surface area contributed by atoms with Crippen molar-refractivity contribution in [3.63, 3.8) is 0 Å². The van der Waals surface area contributed by atoms with Gasteiger partial charge in [-0.1, -0.05) is 60.2 Å². The number of hydrogen-bond donors (Lipinski definition) is 2. The second kappa shape index (κ2) is 10.1. The van der Waals surface area contributed by atoms with Crippen LogP contribution >= 0.6 is 0 Å². The summed E-state index contributed by atoms with van der Waals surface area (Å²) in [6.07, 6.45) is 1.97. The summed E-state index contributed by atoms with van der Waals surface area (Å²) >= 11 is 0. The first-order valence-electron chi connectivity index (χ1n) is 11.6. The Balaban J connectivity index is 1.43. The van der Waals surface area contributed by atoms with Crippen molar-refractivity contribution in [2.24, 2.45) is 5.92 Å². The summed E-state index contributed by atoms with van der Waals surface area (Å²) in [6.45, 7) is 4.53. The van der Waals surface area contributed by atoms with Crippen molar-refractivity contribution in [3.8, 4) is 11.1 Å². The molecule has 1 heterocycles. The van der Waals surface area contributed by atoms with Crippen LogP contribution in [-0.2, 0) is 14.3 Å². The van der Waals surface area contributed by atoms with E-state index in [1.165, 1.54) is 4.90 Å². The zero-order valence-corrected chi connectivity index (χ0v) is 19.5. The third-order valence-electron chi connectivity index (χ3n) is 6.54. The lowest BCUT2D eigenvalue weighted by atomic mass is 9.98. The highest BCUT2D eigenvalue weighted by atomic mass is 16.5. The fourth-order valence-electron chi connectivity index (χ4n) is 4.74. The first-order valence-corrected chi connectivity index (χ1v) is 11.6. The van der Waals surface area contributed by atoms with Gasteiger partial charge < -0.3 is 20.1 Å². The second-order valence-electron chi connectivity index (χ2n) is 9.15. The molecule has 178 valence electrons. The number of ether oxygens (including phenoxy) is 1. The maximum atomic E-state index is 13.1. The number of nitrogens with one attached hydrogen (secondary N) is 1. The highest BCUT2D eigenvalue weighted by Crippen LogP contribution is 2.44. The number of nitrogens with zero attached hydrogens (tertiary/aromatic N) is 1. The number of aliphatic carboxylic acids is 1. The summed E-state index contributed by atoms with van der Waals surface area (Å²) in [5.74, 6) is -1.82. The summed E-state index contributed by atoms with van der Waals surface area (Å²) < 4.78 is 5.61. The van der Waals surface area contributed by atoms with Gasteiger partial charge in [0.1, 0.15) is 12.6 Å². The lowest BCUT2D eigenvalue weighted by Gasteiger charge is -2.24. The zero-order valence-electron chi connectivity index (χ0n) is 19.5. The standard InChI is InChI=1S/C27H30N2O5/c1-17(2)11-12-24(25(30)29-14-13-18(15-29)26(31)32)28-27(33)34-16-23-21-9-5-3-7-19(21)20-8-4-6-10-22(20)23/h3-11,18,23-24H,12-16H2,1-2H3,(H,28,33)(H,31,32). The van der Waals surface area contributed by atoms with Gasteiger partial charge in [0.15, 0.2) is 0 Å². The third kappa shape index (κ3) is 4.98. The molecule has 2 aromatic carbocycles. The Morgan fingerprint density at radius 3 is 2.26 bits per heavy atom. The molecule has 2 aromatic rings. The van der Waals surface area contributed by atoms with E-state index in [2.05, 4.69) is 29.6 Å². The van der Waals surface area contributed by atoms with E-state index in [-0.39, 0.29) is 25.0 Å². The van der Waals surface area contributed by atoms with Gasteiger partial charge in [-0.2, -0.15) is 0 Å². The molecule has 7 nitrogen and oxygen atoms in total. The second-order valence-corrected chi connectivity index (χ2v) is 9.15. The van der Waals surface area contributed by atoms with Gasteiger partial charge in [0.2, 0.25) is 5.91 Å². The van der Waals surface area contributed by atoms with Crippen LogP contribution in [-0.4, -0.2) is 53.7 Å².